The molecule has 1 saturated heterocycles. The summed E-state index contributed by atoms with van der Waals surface area (Å²) in [5.41, 5.74) is 0.897. The van der Waals surface area contributed by atoms with E-state index in [1.165, 1.54) is 6.42 Å². The Morgan fingerprint density at radius 1 is 1.58 bits per heavy atom. The number of rotatable bonds is 5. The van der Waals surface area contributed by atoms with Crippen LogP contribution in [-0.4, -0.2) is 32.1 Å². The Labute approximate surface area is 122 Å². The minimum Gasteiger partial charge on any atom is -0.496 e. The molecule has 1 aliphatic heterocycles. The highest BCUT2D eigenvalue weighted by Gasteiger charge is 2.15. The van der Waals surface area contributed by atoms with Gasteiger partial charge in [0.15, 0.2) is 0 Å². The minimum atomic E-state index is 0.0325. The van der Waals surface area contributed by atoms with Gasteiger partial charge in [-0.05, 0) is 37.6 Å². The average molecular weight is 327 g/mol. The number of methoxy groups -OCH3 is 1. The second-order valence-electron chi connectivity index (χ2n) is 4.73. The van der Waals surface area contributed by atoms with Gasteiger partial charge < -0.3 is 15.4 Å². The van der Waals surface area contributed by atoms with E-state index in [1.54, 1.807) is 7.11 Å². The van der Waals surface area contributed by atoms with Gasteiger partial charge in [-0.2, -0.15) is 0 Å². The zero-order valence-electron chi connectivity index (χ0n) is 11.0. The van der Waals surface area contributed by atoms with E-state index in [1.807, 2.05) is 18.2 Å². The van der Waals surface area contributed by atoms with Crippen molar-refractivity contribution in [3.05, 3.63) is 28.2 Å². The number of ether oxygens (including phenoxy) is 1. The van der Waals surface area contributed by atoms with Crippen molar-refractivity contribution in [3.63, 3.8) is 0 Å². The number of benzene rings is 1. The van der Waals surface area contributed by atoms with Gasteiger partial charge in [0.05, 0.1) is 13.5 Å². The molecule has 1 heterocycles. The zero-order valence-corrected chi connectivity index (χ0v) is 12.6. The third-order valence-corrected chi connectivity index (χ3v) is 3.79. The number of nitrogens with one attached hydrogen (secondary N) is 2. The largest absolute Gasteiger partial charge is 0.496 e. The molecule has 1 aliphatic rings. The second kappa shape index (κ2) is 6.91. The lowest BCUT2D eigenvalue weighted by molar-refractivity contribution is -0.120. The third kappa shape index (κ3) is 4.21. The molecule has 0 spiro atoms. The molecule has 1 atom stereocenters. The molecule has 0 aliphatic carbocycles. The van der Waals surface area contributed by atoms with Crippen LogP contribution < -0.4 is 15.4 Å². The number of carbonyl (C=O) groups excluding carboxylic acids is 1. The molecule has 19 heavy (non-hydrogen) atoms. The van der Waals surface area contributed by atoms with Crippen molar-refractivity contribution in [2.75, 3.05) is 20.2 Å². The van der Waals surface area contributed by atoms with Crippen LogP contribution in [0.3, 0.4) is 0 Å². The van der Waals surface area contributed by atoms with Crippen LogP contribution in [0.5, 0.6) is 5.75 Å². The first-order valence-corrected chi connectivity index (χ1v) is 7.31. The van der Waals surface area contributed by atoms with Gasteiger partial charge in [0.2, 0.25) is 5.91 Å². The number of hydrogen-bond acceptors (Lipinski definition) is 3. The molecule has 104 valence electrons. The van der Waals surface area contributed by atoms with E-state index in [9.17, 15) is 4.79 Å². The average Bonchev–Trinajstić information content (AvgIpc) is 2.90. The summed E-state index contributed by atoms with van der Waals surface area (Å²) < 4.78 is 6.22. The molecule has 2 N–H and O–H groups in total. The van der Waals surface area contributed by atoms with Crippen LogP contribution in [0.2, 0.25) is 0 Å². The van der Waals surface area contributed by atoms with Gasteiger partial charge in [-0.3, -0.25) is 4.79 Å². The maximum atomic E-state index is 11.9. The monoisotopic (exact) mass is 326 g/mol. The molecule has 5 heteroatoms. The maximum absolute atomic E-state index is 11.9. The number of carbonyl (C=O) groups is 1. The summed E-state index contributed by atoms with van der Waals surface area (Å²) in [6.45, 7) is 1.76. The topological polar surface area (TPSA) is 50.4 Å². The Hall–Kier alpha value is -1.07. The standard InChI is InChI=1S/C14H19BrN2O2/c1-19-13-5-4-11(15)7-10(13)8-14(18)17-9-12-3-2-6-16-12/h4-5,7,12,16H,2-3,6,8-9H2,1H3,(H,17,18). The van der Waals surface area contributed by atoms with Crippen molar-refractivity contribution in [1.82, 2.24) is 10.6 Å². The summed E-state index contributed by atoms with van der Waals surface area (Å²) in [5.74, 6) is 0.780. The van der Waals surface area contributed by atoms with Gasteiger partial charge in [-0.15, -0.1) is 0 Å². The fourth-order valence-electron chi connectivity index (χ4n) is 2.29. The lowest BCUT2D eigenvalue weighted by atomic mass is 10.1. The Kier molecular flexibility index (Phi) is 5.22. The highest BCUT2D eigenvalue weighted by Crippen LogP contribution is 2.23. The summed E-state index contributed by atoms with van der Waals surface area (Å²) >= 11 is 3.41. The van der Waals surface area contributed by atoms with Crippen molar-refractivity contribution in [1.29, 1.82) is 0 Å². The molecule has 2 rings (SSSR count). The zero-order chi connectivity index (χ0) is 13.7. The van der Waals surface area contributed by atoms with Crippen LogP contribution in [0.4, 0.5) is 0 Å². The lowest BCUT2D eigenvalue weighted by Crippen LogP contribution is -2.37. The first kappa shape index (κ1) is 14.3. The smallest absolute Gasteiger partial charge is 0.224 e. The Morgan fingerprint density at radius 3 is 3.11 bits per heavy atom. The van der Waals surface area contributed by atoms with E-state index in [4.69, 9.17) is 4.74 Å². The van der Waals surface area contributed by atoms with Gasteiger partial charge in [-0.1, -0.05) is 15.9 Å². The fraction of sp³-hybridized carbons (Fsp3) is 0.500. The normalized spacial score (nSPS) is 18.3. The van der Waals surface area contributed by atoms with E-state index in [0.717, 1.165) is 28.8 Å². The lowest BCUT2D eigenvalue weighted by Gasteiger charge is -2.13. The second-order valence-corrected chi connectivity index (χ2v) is 5.65. The van der Waals surface area contributed by atoms with Crippen molar-refractivity contribution >= 4 is 21.8 Å². The summed E-state index contributed by atoms with van der Waals surface area (Å²) in [6, 6.07) is 6.12. The molecule has 0 radical (unpaired) electrons. The highest BCUT2D eigenvalue weighted by atomic mass is 79.9. The number of halogens is 1. The first-order valence-electron chi connectivity index (χ1n) is 6.51. The minimum absolute atomic E-state index is 0.0325. The predicted octanol–water partition coefficient (Wildman–Crippen LogP) is 1.87. The molecular formula is C14H19BrN2O2. The SMILES string of the molecule is COc1ccc(Br)cc1CC(=O)NCC1CCCN1. The van der Waals surface area contributed by atoms with Crippen LogP contribution in [0, 0.1) is 0 Å². The van der Waals surface area contributed by atoms with E-state index in [-0.39, 0.29) is 5.91 Å². The quantitative estimate of drug-likeness (QED) is 0.868. The van der Waals surface area contributed by atoms with Crippen molar-refractivity contribution in [2.45, 2.75) is 25.3 Å². The van der Waals surface area contributed by atoms with E-state index < -0.39 is 0 Å². The van der Waals surface area contributed by atoms with Gasteiger partial charge in [0, 0.05) is 22.6 Å². The van der Waals surface area contributed by atoms with Gasteiger partial charge in [-0.25, -0.2) is 0 Å². The molecular weight excluding hydrogens is 308 g/mol. The molecule has 0 aromatic heterocycles. The van der Waals surface area contributed by atoms with Crippen LogP contribution >= 0.6 is 15.9 Å². The van der Waals surface area contributed by atoms with E-state index >= 15 is 0 Å². The molecule has 0 saturated carbocycles. The van der Waals surface area contributed by atoms with Gasteiger partial charge in [0.1, 0.15) is 5.75 Å². The highest BCUT2D eigenvalue weighted by molar-refractivity contribution is 9.10. The molecule has 1 amide bonds. The molecule has 1 fully saturated rings. The van der Waals surface area contributed by atoms with Crippen LogP contribution in [0.15, 0.2) is 22.7 Å². The Bertz CT molecular complexity index is 445. The first-order chi connectivity index (χ1) is 9.19. The molecule has 1 unspecified atom stereocenters. The third-order valence-electron chi connectivity index (χ3n) is 3.30. The Balaban J connectivity index is 1.88. The summed E-state index contributed by atoms with van der Waals surface area (Å²) in [7, 11) is 1.62. The summed E-state index contributed by atoms with van der Waals surface area (Å²) in [6.07, 6.45) is 2.68. The summed E-state index contributed by atoms with van der Waals surface area (Å²) in [5, 5.41) is 6.33. The maximum Gasteiger partial charge on any atom is 0.224 e. The Morgan fingerprint density at radius 2 is 2.42 bits per heavy atom. The van der Waals surface area contributed by atoms with Crippen molar-refractivity contribution in [2.24, 2.45) is 0 Å². The molecule has 1 aromatic carbocycles. The van der Waals surface area contributed by atoms with E-state index in [0.29, 0.717) is 19.0 Å². The van der Waals surface area contributed by atoms with E-state index in [2.05, 4.69) is 26.6 Å². The number of hydrogen-bond donors (Lipinski definition) is 2. The van der Waals surface area contributed by atoms with Crippen LogP contribution in [-0.2, 0) is 11.2 Å². The summed E-state index contributed by atoms with van der Waals surface area (Å²) in [4.78, 5) is 11.9. The predicted molar refractivity (Wildman–Crippen MR) is 78.4 cm³/mol. The van der Waals surface area contributed by atoms with Crippen LogP contribution in [0.25, 0.3) is 0 Å². The van der Waals surface area contributed by atoms with Gasteiger partial charge in [0.25, 0.3) is 0 Å². The molecule has 0 bridgehead atoms. The molecule has 1 aromatic rings. The molecule has 4 nitrogen and oxygen atoms in total. The number of amides is 1. The van der Waals surface area contributed by atoms with Crippen molar-refractivity contribution in [3.8, 4) is 5.75 Å². The van der Waals surface area contributed by atoms with Gasteiger partial charge >= 0.3 is 0 Å². The fourth-order valence-corrected chi connectivity index (χ4v) is 2.70. The van der Waals surface area contributed by atoms with Crippen LogP contribution in [0.1, 0.15) is 18.4 Å². The van der Waals surface area contributed by atoms with Crippen molar-refractivity contribution < 1.29 is 9.53 Å².